The first-order valence-electron chi connectivity index (χ1n) is 7.85. The number of nitrogens with one attached hydrogen (secondary N) is 1. The van der Waals surface area contributed by atoms with Gasteiger partial charge in [0.15, 0.2) is 0 Å². The average Bonchev–Trinajstić information content (AvgIpc) is 2.56. The molecule has 1 aromatic heterocycles. The van der Waals surface area contributed by atoms with E-state index in [0.717, 1.165) is 57.9 Å². The van der Waals surface area contributed by atoms with E-state index in [1.165, 1.54) is 0 Å². The summed E-state index contributed by atoms with van der Waals surface area (Å²) in [6.07, 6.45) is 3.91. The van der Waals surface area contributed by atoms with Crippen LogP contribution in [0.1, 0.15) is 19.8 Å². The van der Waals surface area contributed by atoms with Crippen LogP contribution in [0.3, 0.4) is 0 Å². The van der Waals surface area contributed by atoms with E-state index < -0.39 is 0 Å². The minimum atomic E-state index is -0.217. The van der Waals surface area contributed by atoms with Crippen molar-refractivity contribution in [3.8, 4) is 0 Å². The lowest BCUT2D eigenvalue weighted by atomic mass is 9.81. The summed E-state index contributed by atoms with van der Waals surface area (Å²) in [6, 6.07) is 5.97. The van der Waals surface area contributed by atoms with Gasteiger partial charge in [-0.25, -0.2) is 4.98 Å². The maximum atomic E-state index is 12.8. The number of halogens is 2. The SMILES string of the molecule is CC1(C(=O)N2CCN(c3ccccn3)CC2)CCCNC1.Cl.Cl. The van der Waals surface area contributed by atoms with E-state index in [9.17, 15) is 4.79 Å². The summed E-state index contributed by atoms with van der Waals surface area (Å²) >= 11 is 0. The molecule has 1 aromatic rings. The molecule has 1 atom stereocenters. The lowest BCUT2D eigenvalue weighted by molar-refractivity contribution is -0.142. The number of nitrogens with zero attached hydrogens (tertiary/aromatic N) is 3. The van der Waals surface area contributed by atoms with Crippen LogP contribution in [0.5, 0.6) is 0 Å². The zero-order valence-corrected chi connectivity index (χ0v) is 15.2. The molecule has 1 N–H and O–H groups in total. The molecule has 130 valence electrons. The molecule has 2 aliphatic heterocycles. The van der Waals surface area contributed by atoms with Crippen LogP contribution < -0.4 is 10.2 Å². The molecular weight excluding hydrogens is 335 g/mol. The standard InChI is InChI=1S/C16H24N4O.2ClH/c1-16(6-4-7-17-13-16)15(21)20-11-9-19(10-12-20)14-5-2-3-8-18-14;;/h2-3,5,8,17H,4,6-7,9-13H2,1H3;2*1H. The fourth-order valence-corrected chi connectivity index (χ4v) is 3.30. The van der Waals surface area contributed by atoms with E-state index in [2.05, 4.69) is 22.1 Å². The number of hydrogen-bond donors (Lipinski definition) is 1. The molecule has 5 nitrogen and oxygen atoms in total. The van der Waals surface area contributed by atoms with E-state index in [1.54, 1.807) is 0 Å². The molecule has 0 bridgehead atoms. The number of piperazine rings is 1. The Hall–Kier alpha value is -1.04. The highest BCUT2D eigenvalue weighted by Gasteiger charge is 2.38. The Morgan fingerprint density at radius 2 is 1.96 bits per heavy atom. The monoisotopic (exact) mass is 360 g/mol. The smallest absolute Gasteiger partial charge is 0.229 e. The maximum absolute atomic E-state index is 12.8. The number of hydrogen-bond acceptors (Lipinski definition) is 4. The third kappa shape index (κ3) is 4.49. The van der Waals surface area contributed by atoms with Crippen molar-refractivity contribution in [2.24, 2.45) is 5.41 Å². The molecule has 0 aromatic carbocycles. The van der Waals surface area contributed by atoms with Crippen molar-refractivity contribution < 1.29 is 4.79 Å². The first kappa shape index (κ1) is 20.0. The van der Waals surface area contributed by atoms with E-state index >= 15 is 0 Å². The first-order chi connectivity index (χ1) is 10.2. The highest BCUT2D eigenvalue weighted by molar-refractivity contribution is 5.85. The first-order valence-corrected chi connectivity index (χ1v) is 7.85. The summed E-state index contributed by atoms with van der Waals surface area (Å²) in [4.78, 5) is 21.4. The Labute approximate surface area is 150 Å². The van der Waals surface area contributed by atoms with Crippen molar-refractivity contribution in [3.63, 3.8) is 0 Å². The van der Waals surface area contributed by atoms with Gasteiger partial charge in [-0.05, 0) is 38.4 Å². The predicted molar refractivity (Wildman–Crippen MR) is 97.7 cm³/mol. The second-order valence-electron chi connectivity index (χ2n) is 6.31. The van der Waals surface area contributed by atoms with Gasteiger partial charge in [0.1, 0.15) is 5.82 Å². The van der Waals surface area contributed by atoms with Gasteiger partial charge < -0.3 is 15.1 Å². The van der Waals surface area contributed by atoms with Gasteiger partial charge in [-0.15, -0.1) is 24.8 Å². The zero-order chi connectivity index (χ0) is 14.7. The van der Waals surface area contributed by atoms with Crippen LogP contribution in [-0.4, -0.2) is 55.1 Å². The summed E-state index contributed by atoms with van der Waals surface area (Å²) in [6.45, 7) is 7.28. The van der Waals surface area contributed by atoms with Crippen LogP contribution in [0.25, 0.3) is 0 Å². The number of carbonyl (C=O) groups excluding carboxylic acids is 1. The van der Waals surface area contributed by atoms with Crippen molar-refractivity contribution in [1.29, 1.82) is 0 Å². The van der Waals surface area contributed by atoms with Crippen molar-refractivity contribution in [2.75, 3.05) is 44.2 Å². The van der Waals surface area contributed by atoms with Crippen molar-refractivity contribution >= 4 is 36.5 Å². The van der Waals surface area contributed by atoms with E-state index in [4.69, 9.17) is 0 Å². The van der Waals surface area contributed by atoms with Gasteiger partial charge in [0, 0.05) is 38.9 Å². The molecule has 0 aliphatic carbocycles. The van der Waals surface area contributed by atoms with Gasteiger partial charge in [-0.3, -0.25) is 4.79 Å². The second kappa shape index (κ2) is 8.71. The normalized spacial score (nSPS) is 24.4. The number of aromatic nitrogens is 1. The highest BCUT2D eigenvalue weighted by Crippen LogP contribution is 2.28. The number of amides is 1. The molecule has 3 heterocycles. The molecule has 3 rings (SSSR count). The Balaban J connectivity index is 0.00000132. The van der Waals surface area contributed by atoms with Gasteiger partial charge in [-0.2, -0.15) is 0 Å². The molecule has 23 heavy (non-hydrogen) atoms. The minimum absolute atomic E-state index is 0. The van der Waals surface area contributed by atoms with E-state index in [1.807, 2.05) is 29.3 Å². The lowest BCUT2D eigenvalue weighted by Gasteiger charge is -2.41. The highest BCUT2D eigenvalue weighted by atomic mass is 35.5. The molecular formula is C16H26Cl2N4O. The van der Waals surface area contributed by atoms with E-state index in [-0.39, 0.29) is 30.2 Å². The van der Waals surface area contributed by atoms with Crippen molar-refractivity contribution in [2.45, 2.75) is 19.8 Å². The third-order valence-corrected chi connectivity index (χ3v) is 4.65. The fraction of sp³-hybridized carbons (Fsp3) is 0.625. The molecule has 2 fully saturated rings. The molecule has 0 spiro atoms. The Kier molecular flexibility index (Phi) is 7.58. The topological polar surface area (TPSA) is 48.5 Å². The van der Waals surface area contributed by atoms with Crippen LogP contribution in [0.2, 0.25) is 0 Å². The maximum Gasteiger partial charge on any atom is 0.229 e. The van der Waals surface area contributed by atoms with Gasteiger partial charge in [0.25, 0.3) is 0 Å². The van der Waals surface area contributed by atoms with Crippen molar-refractivity contribution in [3.05, 3.63) is 24.4 Å². The zero-order valence-electron chi connectivity index (χ0n) is 13.5. The number of pyridine rings is 1. The number of anilines is 1. The summed E-state index contributed by atoms with van der Waals surface area (Å²) in [5.41, 5.74) is -0.217. The van der Waals surface area contributed by atoms with Crippen LogP contribution in [0.4, 0.5) is 5.82 Å². The number of piperidine rings is 1. The van der Waals surface area contributed by atoms with Gasteiger partial charge >= 0.3 is 0 Å². The number of carbonyl (C=O) groups is 1. The third-order valence-electron chi connectivity index (χ3n) is 4.65. The predicted octanol–water partition coefficient (Wildman–Crippen LogP) is 1.96. The molecule has 1 amide bonds. The molecule has 0 radical (unpaired) electrons. The Morgan fingerprint density at radius 1 is 1.22 bits per heavy atom. The summed E-state index contributed by atoms with van der Waals surface area (Å²) in [7, 11) is 0. The second-order valence-corrected chi connectivity index (χ2v) is 6.31. The van der Waals surface area contributed by atoms with Gasteiger partial charge in [-0.1, -0.05) is 6.07 Å². The molecule has 1 unspecified atom stereocenters. The van der Waals surface area contributed by atoms with Crippen LogP contribution in [0, 0.1) is 5.41 Å². The van der Waals surface area contributed by atoms with Crippen LogP contribution in [-0.2, 0) is 4.79 Å². The molecule has 7 heteroatoms. The average molecular weight is 361 g/mol. The minimum Gasteiger partial charge on any atom is -0.353 e. The largest absolute Gasteiger partial charge is 0.353 e. The van der Waals surface area contributed by atoms with Crippen molar-refractivity contribution in [1.82, 2.24) is 15.2 Å². The Morgan fingerprint density at radius 3 is 2.52 bits per heavy atom. The number of rotatable bonds is 2. The van der Waals surface area contributed by atoms with Crippen LogP contribution >= 0.6 is 24.8 Å². The van der Waals surface area contributed by atoms with E-state index in [0.29, 0.717) is 5.91 Å². The summed E-state index contributed by atoms with van der Waals surface area (Å²) in [5.74, 6) is 1.32. The van der Waals surface area contributed by atoms with Crippen LogP contribution in [0.15, 0.2) is 24.4 Å². The quantitative estimate of drug-likeness (QED) is 0.875. The summed E-state index contributed by atoms with van der Waals surface area (Å²) in [5, 5.41) is 3.36. The Bertz CT molecular complexity index is 486. The fourth-order valence-electron chi connectivity index (χ4n) is 3.30. The lowest BCUT2D eigenvalue weighted by Crippen LogP contribution is -2.56. The van der Waals surface area contributed by atoms with Gasteiger partial charge in [0.05, 0.1) is 5.41 Å². The molecule has 0 saturated carbocycles. The van der Waals surface area contributed by atoms with Gasteiger partial charge in [0.2, 0.25) is 5.91 Å². The molecule has 2 saturated heterocycles. The summed E-state index contributed by atoms with van der Waals surface area (Å²) < 4.78 is 0. The molecule has 2 aliphatic rings.